The third-order valence-electron chi connectivity index (χ3n) is 2.29. The Kier molecular flexibility index (Phi) is 5.25. The van der Waals surface area contributed by atoms with Crippen LogP contribution in [-0.4, -0.2) is 35.3 Å². The average Bonchev–Trinajstić information content (AvgIpc) is 2.35. The molecule has 0 bridgehead atoms. The summed E-state index contributed by atoms with van der Waals surface area (Å²) in [7, 11) is 0. The monoisotopic (exact) mass is 269 g/mol. The molecule has 1 aromatic rings. The molecule has 1 rings (SSSR count). The summed E-state index contributed by atoms with van der Waals surface area (Å²) in [6.07, 6.45) is -0.414. The summed E-state index contributed by atoms with van der Waals surface area (Å²) in [5.41, 5.74) is -0.336. The molecule has 0 aliphatic rings. The molecule has 0 spiro atoms. The molecule has 0 amide bonds. The number of hydrogen-bond donors (Lipinski definition) is 1. The van der Waals surface area contributed by atoms with E-state index in [0.717, 1.165) is 12.1 Å². The van der Waals surface area contributed by atoms with E-state index < -0.39 is 17.0 Å². The molecule has 1 N–H and O–H groups in total. The van der Waals surface area contributed by atoms with Gasteiger partial charge in [-0.15, -0.1) is 0 Å². The molecular weight excluding hydrogens is 254 g/mol. The molecule has 0 aliphatic carbocycles. The smallest absolute Gasteiger partial charge is 0.335 e. The second-order valence-electron chi connectivity index (χ2n) is 3.83. The highest BCUT2D eigenvalue weighted by molar-refractivity contribution is 5.88. The number of benzene rings is 1. The average molecular weight is 269 g/mol. The van der Waals surface area contributed by atoms with E-state index in [0.29, 0.717) is 6.61 Å². The van der Waals surface area contributed by atoms with Crippen molar-refractivity contribution in [2.24, 2.45) is 0 Å². The Bertz CT molecular complexity index is 473. The summed E-state index contributed by atoms with van der Waals surface area (Å²) in [5.74, 6) is -1.24. The van der Waals surface area contributed by atoms with Crippen LogP contribution in [0.2, 0.25) is 0 Å². The van der Waals surface area contributed by atoms with Crippen molar-refractivity contribution in [1.29, 1.82) is 0 Å². The van der Waals surface area contributed by atoms with Crippen molar-refractivity contribution in [3.8, 4) is 5.75 Å². The van der Waals surface area contributed by atoms with Gasteiger partial charge in [0, 0.05) is 18.7 Å². The molecule has 1 unspecified atom stereocenters. The van der Waals surface area contributed by atoms with Crippen molar-refractivity contribution in [2.75, 3.05) is 13.2 Å². The van der Waals surface area contributed by atoms with Gasteiger partial charge >= 0.3 is 11.7 Å². The fourth-order valence-corrected chi connectivity index (χ4v) is 1.43. The van der Waals surface area contributed by atoms with Crippen molar-refractivity contribution in [1.82, 2.24) is 0 Å². The first-order valence-electron chi connectivity index (χ1n) is 5.71. The highest BCUT2D eigenvalue weighted by Crippen LogP contribution is 2.29. The number of rotatable bonds is 7. The molecule has 1 aromatic carbocycles. The molecule has 0 heterocycles. The molecule has 0 fully saturated rings. The number of nitro benzene ring substituents is 1. The van der Waals surface area contributed by atoms with Crippen LogP contribution in [0.15, 0.2) is 18.2 Å². The maximum Gasteiger partial charge on any atom is 0.335 e. The lowest BCUT2D eigenvalue weighted by Crippen LogP contribution is -2.19. The highest BCUT2D eigenvalue weighted by atomic mass is 16.6. The van der Waals surface area contributed by atoms with E-state index in [9.17, 15) is 14.9 Å². The molecule has 104 valence electrons. The number of nitrogens with zero attached hydrogens (tertiary/aromatic N) is 1. The van der Waals surface area contributed by atoms with E-state index in [1.165, 1.54) is 6.07 Å². The topological polar surface area (TPSA) is 98.9 Å². The van der Waals surface area contributed by atoms with Crippen LogP contribution in [0.1, 0.15) is 24.2 Å². The lowest BCUT2D eigenvalue weighted by Gasteiger charge is -2.14. The Balaban J connectivity index is 2.97. The summed E-state index contributed by atoms with van der Waals surface area (Å²) in [6, 6.07) is 3.43. The lowest BCUT2D eigenvalue weighted by atomic mass is 10.2. The second kappa shape index (κ2) is 6.69. The van der Waals surface area contributed by atoms with Gasteiger partial charge in [0.05, 0.1) is 17.1 Å². The fraction of sp³-hybridized carbons (Fsp3) is 0.417. The summed E-state index contributed by atoms with van der Waals surface area (Å²) in [5, 5.41) is 19.7. The minimum absolute atomic E-state index is 0.0655. The van der Waals surface area contributed by atoms with Crippen LogP contribution in [0.25, 0.3) is 0 Å². The Hall–Kier alpha value is -2.15. The summed E-state index contributed by atoms with van der Waals surface area (Å²) in [6.45, 7) is 4.28. The molecule has 0 aromatic heterocycles. The third kappa shape index (κ3) is 4.22. The predicted octanol–water partition coefficient (Wildman–Crippen LogP) is 2.10. The van der Waals surface area contributed by atoms with E-state index >= 15 is 0 Å². The van der Waals surface area contributed by atoms with Crippen LogP contribution in [0.4, 0.5) is 5.69 Å². The van der Waals surface area contributed by atoms with Gasteiger partial charge in [0.25, 0.3) is 0 Å². The number of aromatic carboxylic acids is 1. The van der Waals surface area contributed by atoms with Gasteiger partial charge in [-0.1, -0.05) is 0 Å². The number of hydrogen-bond acceptors (Lipinski definition) is 5. The summed E-state index contributed by atoms with van der Waals surface area (Å²) >= 11 is 0. The van der Waals surface area contributed by atoms with Crippen LogP contribution in [0.3, 0.4) is 0 Å². The second-order valence-corrected chi connectivity index (χ2v) is 3.83. The SMILES string of the molecule is CCOCC(C)Oc1cc(C(=O)O)ccc1[N+](=O)[O-]. The largest absolute Gasteiger partial charge is 0.481 e. The van der Waals surface area contributed by atoms with E-state index in [1.54, 1.807) is 6.92 Å². The van der Waals surface area contributed by atoms with Gasteiger partial charge in [0.2, 0.25) is 0 Å². The molecule has 0 saturated carbocycles. The Morgan fingerprint density at radius 3 is 2.74 bits per heavy atom. The van der Waals surface area contributed by atoms with E-state index in [4.69, 9.17) is 14.6 Å². The molecule has 7 nitrogen and oxygen atoms in total. The van der Waals surface area contributed by atoms with Gasteiger partial charge in [0.15, 0.2) is 5.75 Å². The van der Waals surface area contributed by atoms with Gasteiger partial charge in [-0.05, 0) is 19.9 Å². The van der Waals surface area contributed by atoms with Crippen LogP contribution in [0.5, 0.6) is 5.75 Å². The van der Waals surface area contributed by atoms with Crippen LogP contribution in [-0.2, 0) is 4.74 Å². The van der Waals surface area contributed by atoms with E-state index in [2.05, 4.69) is 0 Å². The van der Waals surface area contributed by atoms with Gasteiger partial charge in [0.1, 0.15) is 6.10 Å². The Morgan fingerprint density at radius 2 is 2.21 bits per heavy atom. The minimum atomic E-state index is -1.17. The molecular formula is C12H15NO6. The zero-order chi connectivity index (χ0) is 14.4. The van der Waals surface area contributed by atoms with Crippen molar-refractivity contribution >= 4 is 11.7 Å². The minimum Gasteiger partial charge on any atom is -0.481 e. The maximum atomic E-state index is 10.8. The quantitative estimate of drug-likeness (QED) is 0.601. The number of carboxylic acid groups (broad SMARTS) is 1. The molecule has 7 heteroatoms. The lowest BCUT2D eigenvalue weighted by molar-refractivity contribution is -0.386. The zero-order valence-electron chi connectivity index (χ0n) is 10.7. The molecule has 19 heavy (non-hydrogen) atoms. The maximum absolute atomic E-state index is 10.8. The predicted molar refractivity (Wildman–Crippen MR) is 66.6 cm³/mol. The van der Waals surface area contributed by atoms with Crippen molar-refractivity contribution in [3.63, 3.8) is 0 Å². The van der Waals surface area contributed by atoms with Crippen LogP contribution in [0, 0.1) is 10.1 Å². The van der Waals surface area contributed by atoms with Gasteiger partial charge in [-0.25, -0.2) is 4.79 Å². The molecule has 0 radical (unpaired) electrons. The standard InChI is InChI=1S/C12H15NO6/c1-3-18-7-8(2)19-11-6-9(12(14)15)4-5-10(11)13(16)17/h4-6,8H,3,7H2,1-2H3,(H,14,15). The van der Waals surface area contributed by atoms with Crippen molar-refractivity contribution in [3.05, 3.63) is 33.9 Å². The summed E-state index contributed by atoms with van der Waals surface area (Å²) < 4.78 is 10.5. The number of carboxylic acids is 1. The van der Waals surface area contributed by atoms with Crippen LogP contribution >= 0.6 is 0 Å². The van der Waals surface area contributed by atoms with Gasteiger partial charge < -0.3 is 14.6 Å². The highest BCUT2D eigenvalue weighted by Gasteiger charge is 2.19. The third-order valence-corrected chi connectivity index (χ3v) is 2.29. The fourth-order valence-electron chi connectivity index (χ4n) is 1.43. The van der Waals surface area contributed by atoms with E-state index in [-0.39, 0.29) is 23.6 Å². The first-order valence-corrected chi connectivity index (χ1v) is 5.71. The Labute approximate surface area is 109 Å². The number of carbonyl (C=O) groups is 1. The normalized spacial score (nSPS) is 11.9. The first kappa shape index (κ1) is 14.9. The van der Waals surface area contributed by atoms with Gasteiger partial charge in [-0.3, -0.25) is 10.1 Å². The molecule has 1 atom stereocenters. The zero-order valence-corrected chi connectivity index (χ0v) is 10.7. The number of nitro groups is 1. The molecule has 0 saturated heterocycles. The number of ether oxygens (including phenoxy) is 2. The first-order chi connectivity index (χ1) is 8.95. The van der Waals surface area contributed by atoms with Crippen molar-refractivity contribution < 1.29 is 24.3 Å². The summed E-state index contributed by atoms with van der Waals surface area (Å²) in [4.78, 5) is 21.1. The van der Waals surface area contributed by atoms with Gasteiger partial charge in [-0.2, -0.15) is 0 Å². The van der Waals surface area contributed by atoms with Crippen molar-refractivity contribution in [2.45, 2.75) is 20.0 Å². The van der Waals surface area contributed by atoms with E-state index in [1.807, 2.05) is 6.92 Å². The van der Waals surface area contributed by atoms with Crippen LogP contribution < -0.4 is 4.74 Å². The Morgan fingerprint density at radius 1 is 1.53 bits per heavy atom. The molecule has 0 aliphatic heterocycles.